The van der Waals surface area contributed by atoms with E-state index in [1.165, 1.54) is 0 Å². The van der Waals surface area contributed by atoms with Crippen LogP contribution < -0.4 is 9.47 Å². The minimum atomic E-state index is -0.815. The number of hydrogen-bond donors (Lipinski definition) is 1. The molecule has 0 radical (unpaired) electrons. The van der Waals surface area contributed by atoms with Crippen molar-refractivity contribution in [3.63, 3.8) is 0 Å². The highest BCUT2D eigenvalue weighted by Gasteiger charge is 2.20. The van der Waals surface area contributed by atoms with Gasteiger partial charge in [0.25, 0.3) is 0 Å². The molecule has 0 amide bonds. The van der Waals surface area contributed by atoms with Crippen molar-refractivity contribution in [3.05, 3.63) is 56.5 Å². The maximum atomic E-state index is 10.6. The topological polar surface area (TPSA) is 38.7 Å². The van der Waals surface area contributed by atoms with Crippen LogP contribution in [0.25, 0.3) is 0 Å². The Morgan fingerprint density at radius 2 is 1.76 bits per heavy atom. The molecule has 0 bridgehead atoms. The predicted octanol–water partition coefficient (Wildman–Crippen LogP) is 4.26. The second kappa shape index (κ2) is 5.87. The average Bonchev–Trinajstić information content (AvgIpc) is 2.44. The van der Waals surface area contributed by atoms with Gasteiger partial charge in [-0.15, -0.1) is 0 Å². The predicted molar refractivity (Wildman–Crippen MR) is 85.4 cm³/mol. The number of aryl methyl sites for hydroxylation is 1. The molecule has 1 aliphatic rings. The Bertz CT molecular complexity index is 667. The van der Waals surface area contributed by atoms with E-state index < -0.39 is 6.10 Å². The van der Waals surface area contributed by atoms with Gasteiger partial charge in [0.15, 0.2) is 11.5 Å². The Morgan fingerprint density at radius 3 is 2.43 bits per heavy atom. The van der Waals surface area contributed by atoms with Crippen molar-refractivity contribution in [2.45, 2.75) is 13.0 Å². The van der Waals surface area contributed by atoms with E-state index in [-0.39, 0.29) is 0 Å². The highest BCUT2D eigenvalue weighted by Crippen LogP contribution is 2.39. The zero-order valence-electron chi connectivity index (χ0n) is 11.4. The van der Waals surface area contributed by atoms with E-state index in [0.717, 1.165) is 15.6 Å². The fraction of sp³-hybridized carbons (Fsp3) is 0.250. The molecule has 0 spiro atoms. The maximum Gasteiger partial charge on any atom is 0.162 e. The van der Waals surface area contributed by atoms with Gasteiger partial charge >= 0.3 is 0 Å². The molecule has 1 heterocycles. The molecule has 1 N–H and O–H groups in total. The molecule has 2 aromatic carbocycles. The molecule has 0 aromatic heterocycles. The summed E-state index contributed by atoms with van der Waals surface area (Å²) < 4.78 is 12.0. The van der Waals surface area contributed by atoms with E-state index in [1.807, 2.05) is 25.1 Å². The van der Waals surface area contributed by atoms with Crippen LogP contribution in [-0.4, -0.2) is 18.3 Å². The Morgan fingerprint density at radius 1 is 1.10 bits per heavy atom. The number of fused-ring (bicyclic) bond motifs is 1. The minimum absolute atomic E-state index is 0.462. The fourth-order valence-electron chi connectivity index (χ4n) is 2.39. The highest BCUT2D eigenvalue weighted by atomic mass is 79.9. The molecule has 0 aliphatic carbocycles. The summed E-state index contributed by atoms with van der Waals surface area (Å²) in [5.41, 5.74) is 2.45. The minimum Gasteiger partial charge on any atom is -0.486 e. The molecule has 0 saturated heterocycles. The standard InChI is InChI=1S/C16H14BrClO3/c1-9-4-10(6-11(17)5-9)16(19)12-7-14-15(8-13(12)18)21-3-2-20-14/h4-8,16,19H,2-3H2,1H3. The van der Waals surface area contributed by atoms with Crippen molar-refractivity contribution >= 4 is 27.5 Å². The summed E-state index contributed by atoms with van der Waals surface area (Å²) in [5, 5.41) is 11.1. The summed E-state index contributed by atoms with van der Waals surface area (Å²) in [6.45, 7) is 2.99. The largest absolute Gasteiger partial charge is 0.486 e. The molecular weight excluding hydrogens is 356 g/mol. The van der Waals surface area contributed by atoms with Crippen LogP contribution in [0.4, 0.5) is 0 Å². The smallest absolute Gasteiger partial charge is 0.162 e. The van der Waals surface area contributed by atoms with Crippen LogP contribution in [0.15, 0.2) is 34.8 Å². The third kappa shape index (κ3) is 3.03. The van der Waals surface area contributed by atoms with Gasteiger partial charge in [-0.05, 0) is 36.2 Å². The summed E-state index contributed by atoms with van der Waals surface area (Å²) in [6, 6.07) is 9.24. The lowest BCUT2D eigenvalue weighted by Gasteiger charge is -2.21. The third-order valence-electron chi connectivity index (χ3n) is 3.34. The molecule has 2 aromatic rings. The van der Waals surface area contributed by atoms with E-state index in [4.69, 9.17) is 21.1 Å². The van der Waals surface area contributed by atoms with Crippen molar-refractivity contribution in [3.8, 4) is 11.5 Å². The lowest BCUT2D eigenvalue weighted by molar-refractivity contribution is 0.169. The van der Waals surface area contributed by atoms with Crippen molar-refractivity contribution in [2.75, 3.05) is 13.2 Å². The van der Waals surface area contributed by atoms with Crippen molar-refractivity contribution in [1.82, 2.24) is 0 Å². The van der Waals surface area contributed by atoms with Gasteiger partial charge in [-0.1, -0.05) is 33.6 Å². The second-order valence-electron chi connectivity index (χ2n) is 4.98. The molecule has 1 unspecified atom stereocenters. The van der Waals surface area contributed by atoms with Gasteiger partial charge in [0.05, 0.1) is 5.02 Å². The summed E-state index contributed by atoms with van der Waals surface area (Å²) in [6.07, 6.45) is -0.815. The van der Waals surface area contributed by atoms with Gasteiger partial charge < -0.3 is 14.6 Å². The Balaban J connectivity index is 2.02. The lowest BCUT2D eigenvalue weighted by atomic mass is 9.99. The Hall–Kier alpha value is -1.23. The van der Waals surface area contributed by atoms with E-state index in [2.05, 4.69) is 15.9 Å². The second-order valence-corrected chi connectivity index (χ2v) is 6.30. The number of hydrogen-bond acceptors (Lipinski definition) is 3. The Kier molecular flexibility index (Phi) is 4.11. The first-order valence-corrected chi connectivity index (χ1v) is 7.76. The van der Waals surface area contributed by atoms with E-state index in [9.17, 15) is 5.11 Å². The van der Waals surface area contributed by atoms with Gasteiger partial charge in [0, 0.05) is 16.1 Å². The van der Waals surface area contributed by atoms with Gasteiger partial charge in [0.2, 0.25) is 0 Å². The molecular formula is C16H14BrClO3. The summed E-state index contributed by atoms with van der Waals surface area (Å²) in [7, 11) is 0. The number of aliphatic hydroxyl groups is 1. The average molecular weight is 370 g/mol. The van der Waals surface area contributed by atoms with Gasteiger partial charge in [-0.3, -0.25) is 0 Å². The summed E-state index contributed by atoms with van der Waals surface area (Å²) >= 11 is 9.72. The van der Waals surface area contributed by atoms with Crippen LogP contribution in [0.2, 0.25) is 5.02 Å². The molecule has 1 aliphatic heterocycles. The maximum absolute atomic E-state index is 10.6. The number of ether oxygens (including phenoxy) is 2. The van der Waals surface area contributed by atoms with Crippen LogP contribution >= 0.6 is 27.5 Å². The molecule has 3 rings (SSSR count). The van der Waals surface area contributed by atoms with Crippen LogP contribution in [-0.2, 0) is 0 Å². The third-order valence-corrected chi connectivity index (χ3v) is 4.12. The zero-order valence-corrected chi connectivity index (χ0v) is 13.7. The molecule has 21 heavy (non-hydrogen) atoms. The van der Waals surface area contributed by atoms with Gasteiger partial charge in [0.1, 0.15) is 19.3 Å². The molecule has 110 valence electrons. The quantitative estimate of drug-likeness (QED) is 0.859. The first-order chi connectivity index (χ1) is 10.0. The first-order valence-electron chi connectivity index (χ1n) is 6.59. The first kappa shape index (κ1) is 14.7. The van der Waals surface area contributed by atoms with E-state index in [0.29, 0.717) is 35.3 Å². The summed E-state index contributed by atoms with van der Waals surface area (Å²) in [5.74, 6) is 1.24. The number of rotatable bonds is 2. The molecule has 3 nitrogen and oxygen atoms in total. The monoisotopic (exact) mass is 368 g/mol. The molecule has 1 atom stereocenters. The molecule has 0 saturated carbocycles. The van der Waals surface area contributed by atoms with E-state index in [1.54, 1.807) is 12.1 Å². The normalized spacial score (nSPS) is 14.9. The highest BCUT2D eigenvalue weighted by molar-refractivity contribution is 9.10. The number of benzene rings is 2. The zero-order chi connectivity index (χ0) is 15.0. The molecule has 0 fully saturated rings. The lowest BCUT2D eigenvalue weighted by Crippen LogP contribution is -2.16. The van der Waals surface area contributed by atoms with E-state index >= 15 is 0 Å². The Labute approximate surface area is 136 Å². The van der Waals surface area contributed by atoms with Crippen molar-refractivity contribution in [2.24, 2.45) is 0 Å². The van der Waals surface area contributed by atoms with Gasteiger partial charge in [-0.2, -0.15) is 0 Å². The van der Waals surface area contributed by atoms with Gasteiger partial charge in [-0.25, -0.2) is 0 Å². The van der Waals surface area contributed by atoms with Crippen molar-refractivity contribution < 1.29 is 14.6 Å². The molecule has 5 heteroatoms. The van der Waals surface area contributed by atoms with Crippen molar-refractivity contribution in [1.29, 1.82) is 0 Å². The van der Waals surface area contributed by atoms with Crippen LogP contribution in [0.1, 0.15) is 22.8 Å². The van der Waals surface area contributed by atoms with Crippen LogP contribution in [0, 0.1) is 6.92 Å². The number of halogens is 2. The van der Waals surface area contributed by atoms with Crippen LogP contribution in [0.3, 0.4) is 0 Å². The number of aliphatic hydroxyl groups excluding tert-OH is 1. The summed E-state index contributed by atoms with van der Waals surface area (Å²) in [4.78, 5) is 0. The van der Waals surface area contributed by atoms with Crippen LogP contribution in [0.5, 0.6) is 11.5 Å². The fourth-order valence-corrected chi connectivity index (χ4v) is 3.27. The SMILES string of the molecule is Cc1cc(Br)cc(C(O)c2cc3c(cc2Cl)OCCO3)c1.